The van der Waals surface area contributed by atoms with Gasteiger partial charge in [-0.1, -0.05) is 22.6 Å². The summed E-state index contributed by atoms with van der Waals surface area (Å²) in [6.07, 6.45) is 1.31. The maximum Gasteiger partial charge on any atom is 0.261 e. The highest BCUT2D eigenvalue weighted by Crippen LogP contribution is 2.37. The molecule has 0 saturated heterocycles. The summed E-state index contributed by atoms with van der Waals surface area (Å²) >= 11 is 1.75. The second kappa shape index (κ2) is 2.89. The first-order valence-electron chi connectivity index (χ1n) is 3.31. The number of nitrogens with two attached hydrogens (primary N) is 1. The fourth-order valence-electron chi connectivity index (χ4n) is 1.17. The third-order valence-electron chi connectivity index (χ3n) is 1.83. The van der Waals surface area contributed by atoms with E-state index in [1.807, 2.05) is 0 Å². The summed E-state index contributed by atoms with van der Waals surface area (Å²) in [4.78, 5) is 0. The molecule has 60 valence electrons. The molecule has 10 heavy (non-hydrogen) atoms. The van der Waals surface area contributed by atoms with Crippen molar-refractivity contribution in [3.05, 3.63) is 0 Å². The molecule has 1 fully saturated rings. The van der Waals surface area contributed by atoms with Crippen LogP contribution in [0.2, 0.25) is 0 Å². The Morgan fingerprint density at radius 1 is 1.50 bits per heavy atom. The SMILES string of the molecule is NC1CCCC(F)(F)C1I. The van der Waals surface area contributed by atoms with Crippen LogP contribution in [0.15, 0.2) is 0 Å². The van der Waals surface area contributed by atoms with Gasteiger partial charge in [0.15, 0.2) is 0 Å². The van der Waals surface area contributed by atoms with Gasteiger partial charge in [0.2, 0.25) is 0 Å². The van der Waals surface area contributed by atoms with Crippen molar-refractivity contribution in [3.63, 3.8) is 0 Å². The van der Waals surface area contributed by atoms with Gasteiger partial charge >= 0.3 is 0 Å². The average molecular weight is 261 g/mol. The zero-order valence-corrected chi connectivity index (χ0v) is 7.64. The van der Waals surface area contributed by atoms with Crippen LogP contribution in [0.25, 0.3) is 0 Å². The van der Waals surface area contributed by atoms with Gasteiger partial charge in [-0.2, -0.15) is 0 Å². The molecule has 1 nitrogen and oxygen atoms in total. The molecule has 0 bridgehead atoms. The van der Waals surface area contributed by atoms with Crippen molar-refractivity contribution < 1.29 is 8.78 Å². The molecule has 1 aliphatic rings. The number of halogens is 3. The first-order valence-corrected chi connectivity index (χ1v) is 4.56. The lowest BCUT2D eigenvalue weighted by Gasteiger charge is -2.31. The Labute approximate surface area is 72.5 Å². The standard InChI is InChI=1S/C6H10F2IN/c7-6(8)3-1-2-4(10)5(6)9/h4-5H,1-3,10H2. The molecule has 1 rings (SSSR count). The fourth-order valence-corrected chi connectivity index (χ4v) is 1.84. The van der Waals surface area contributed by atoms with E-state index in [1.54, 1.807) is 22.6 Å². The summed E-state index contributed by atoms with van der Waals surface area (Å²) in [6, 6.07) is -0.315. The Morgan fingerprint density at radius 2 is 2.10 bits per heavy atom. The van der Waals surface area contributed by atoms with E-state index in [-0.39, 0.29) is 12.5 Å². The first kappa shape index (κ1) is 8.64. The first-order chi connectivity index (χ1) is 4.54. The fraction of sp³-hybridized carbons (Fsp3) is 1.00. The average Bonchev–Trinajstić information content (AvgIpc) is 1.83. The predicted octanol–water partition coefficient (Wildman–Crippen LogP) is 1.94. The highest BCUT2D eigenvalue weighted by atomic mass is 127. The van der Waals surface area contributed by atoms with E-state index in [1.165, 1.54) is 0 Å². The summed E-state index contributed by atoms with van der Waals surface area (Å²) in [5.74, 6) is -2.53. The van der Waals surface area contributed by atoms with E-state index in [0.717, 1.165) is 6.42 Å². The molecule has 2 atom stereocenters. The summed E-state index contributed by atoms with van der Waals surface area (Å²) in [5.41, 5.74) is 5.47. The summed E-state index contributed by atoms with van der Waals surface area (Å²) in [6.45, 7) is 0. The number of rotatable bonds is 0. The Hall–Kier alpha value is 0.550. The molecule has 2 N–H and O–H groups in total. The number of alkyl halides is 3. The molecule has 1 saturated carbocycles. The van der Waals surface area contributed by atoms with Crippen molar-refractivity contribution in [1.29, 1.82) is 0 Å². The molecule has 0 amide bonds. The Balaban J connectivity index is 2.60. The van der Waals surface area contributed by atoms with E-state index in [0.29, 0.717) is 6.42 Å². The van der Waals surface area contributed by atoms with Crippen LogP contribution < -0.4 is 5.73 Å². The van der Waals surface area contributed by atoms with Gasteiger partial charge < -0.3 is 5.73 Å². The summed E-state index contributed by atoms with van der Waals surface area (Å²) in [7, 11) is 0. The molecule has 4 heteroatoms. The summed E-state index contributed by atoms with van der Waals surface area (Å²) in [5, 5.41) is 0. The van der Waals surface area contributed by atoms with Crippen LogP contribution in [0.3, 0.4) is 0 Å². The summed E-state index contributed by atoms with van der Waals surface area (Å²) < 4.78 is 24.9. The van der Waals surface area contributed by atoms with Gasteiger partial charge in [-0.05, 0) is 12.8 Å². The minimum absolute atomic E-state index is 0.00824. The van der Waals surface area contributed by atoms with Gasteiger partial charge in [-0.15, -0.1) is 0 Å². The Morgan fingerprint density at radius 3 is 2.50 bits per heavy atom. The van der Waals surface area contributed by atoms with Crippen LogP contribution in [0.5, 0.6) is 0 Å². The molecule has 0 heterocycles. The van der Waals surface area contributed by atoms with Crippen molar-refractivity contribution in [2.75, 3.05) is 0 Å². The monoisotopic (exact) mass is 261 g/mol. The normalized spacial score (nSPS) is 39.6. The molecular weight excluding hydrogens is 251 g/mol. The molecule has 1 aliphatic carbocycles. The zero-order valence-electron chi connectivity index (χ0n) is 5.49. The van der Waals surface area contributed by atoms with E-state index >= 15 is 0 Å². The van der Waals surface area contributed by atoms with Crippen molar-refractivity contribution in [2.24, 2.45) is 5.73 Å². The second-order valence-electron chi connectivity index (χ2n) is 2.72. The van der Waals surface area contributed by atoms with Gasteiger partial charge in [0, 0.05) is 12.5 Å². The maximum atomic E-state index is 12.8. The van der Waals surface area contributed by atoms with Crippen LogP contribution in [0.4, 0.5) is 8.78 Å². The van der Waals surface area contributed by atoms with E-state index in [4.69, 9.17) is 5.73 Å². The van der Waals surface area contributed by atoms with Crippen LogP contribution in [-0.2, 0) is 0 Å². The highest BCUT2D eigenvalue weighted by molar-refractivity contribution is 14.1. The maximum absolute atomic E-state index is 12.8. The van der Waals surface area contributed by atoms with Crippen LogP contribution in [0.1, 0.15) is 19.3 Å². The van der Waals surface area contributed by atoms with Crippen molar-refractivity contribution in [1.82, 2.24) is 0 Å². The highest BCUT2D eigenvalue weighted by Gasteiger charge is 2.43. The third kappa shape index (κ3) is 1.58. The number of hydrogen-bond acceptors (Lipinski definition) is 1. The van der Waals surface area contributed by atoms with Crippen LogP contribution in [0, 0.1) is 0 Å². The van der Waals surface area contributed by atoms with E-state index in [9.17, 15) is 8.78 Å². The quantitative estimate of drug-likeness (QED) is 0.523. The van der Waals surface area contributed by atoms with E-state index < -0.39 is 9.85 Å². The number of hydrogen-bond donors (Lipinski definition) is 1. The molecule has 0 radical (unpaired) electrons. The third-order valence-corrected chi connectivity index (χ3v) is 3.66. The van der Waals surface area contributed by atoms with Gasteiger partial charge in [0.1, 0.15) is 0 Å². The lowest BCUT2D eigenvalue weighted by atomic mass is 9.93. The minimum atomic E-state index is -2.53. The molecular formula is C6H10F2IN. The van der Waals surface area contributed by atoms with Gasteiger partial charge in [-0.3, -0.25) is 0 Å². The predicted molar refractivity (Wildman–Crippen MR) is 44.6 cm³/mol. The Bertz CT molecular complexity index is 129. The molecule has 0 aliphatic heterocycles. The van der Waals surface area contributed by atoms with Crippen LogP contribution in [-0.4, -0.2) is 15.9 Å². The van der Waals surface area contributed by atoms with Crippen molar-refractivity contribution >= 4 is 22.6 Å². The van der Waals surface area contributed by atoms with Crippen LogP contribution >= 0.6 is 22.6 Å². The van der Waals surface area contributed by atoms with Crippen molar-refractivity contribution in [3.8, 4) is 0 Å². The van der Waals surface area contributed by atoms with Gasteiger partial charge in [0.05, 0.1) is 3.92 Å². The van der Waals surface area contributed by atoms with Gasteiger partial charge in [-0.25, -0.2) is 8.78 Å². The molecule has 0 aromatic carbocycles. The smallest absolute Gasteiger partial charge is 0.261 e. The molecule has 0 aromatic heterocycles. The molecule has 2 unspecified atom stereocenters. The largest absolute Gasteiger partial charge is 0.327 e. The molecule has 0 aromatic rings. The lowest BCUT2D eigenvalue weighted by molar-refractivity contribution is -0.0275. The minimum Gasteiger partial charge on any atom is -0.327 e. The second-order valence-corrected chi connectivity index (χ2v) is 4.06. The molecule has 0 spiro atoms. The van der Waals surface area contributed by atoms with Gasteiger partial charge in [0.25, 0.3) is 5.92 Å². The zero-order chi connectivity index (χ0) is 7.78. The Kier molecular flexibility index (Phi) is 2.50. The van der Waals surface area contributed by atoms with E-state index in [2.05, 4.69) is 0 Å². The lowest BCUT2D eigenvalue weighted by Crippen LogP contribution is -2.46. The topological polar surface area (TPSA) is 26.0 Å². The van der Waals surface area contributed by atoms with Crippen molar-refractivity contribution in [2.45, 2.75) is 35.2 Å².